The smallest absolute Gasteiger partial charge is 0.339 e. The Hall–Kier alpha value is -3.13. The number of rotatable bonds is 7. The number of carbonyl (C=O) groups is 2. The Kier molecular flexibility index (Phi) is 5.78. The molecular formula is C18H20N2O6. The van der Waals surface area contributed by atoms with E-state index in [-0.39, 0.29) is 29.9 Å². The monoisotopic (exact) mass is 360 g/mol. The fourth-order valence-electron chi connectivity index (χ4n) is 2.57. The first-order valence-electron chi connectivity index (χ1n) is 7.85. The summed E-state index contributed by atoms with van der Waals surface area (Å²) in [4.78, 5) is 27.5. The number of nitrogens with two attached hydrogens (primary N) is 1. The first-order chi connectivity index (χ1) is 12.2. The molecule has 0 bridgehead atoms. The maximum absolute atomic E-state index is 12.0. The molecule has 1 aromatic heterocycles. The highest BCUT2D eigenvalue weighted by atomic mass is 16.5. The van der Waals surface area contributed by atoms with Crippen LogP contribution in [0.5, 0.6) is 11.5 Å². The van der Waals surface area contributed by atoms with Crippen LogP contribution in [0, 0.1) is 0 Å². The summed E-state index contributed by atoms with van der Waals surface area (Å²) in [5, 5.41) is 28.4. The van der Waals surface area contributed by atoms with Crippen molar-refractivity contribution in [3.8, 4) is 11.5 Å². The number of pyridine rings is 1. The summed E-state index contributed by atoms with van der Waals surface area (Å²) in [6.45, 7) is 1.55. The second kappa shape index (κ2) is 7.83. The van der Waals surface area contributed by atoms with Gasteiger partial charge in [0.15, 0.2) is 11.5 Å². The highest BCUT2D eigenvalue weighted by molar-refractivity contribution is 5.89. The van der Waals surface area contributed by atoms with Gasteiger partial charge in [-0.3, -0.25) is 9.78 Å². The summed E-state index contributed by atoms with van der Waals surface area (Å²) in [6.07, 6.45) is 1.83. The number of aromatic hydroxyl groups is 2. The number of aromatic nitrogens is 1. The summed E-state index contributed by atoms with van der Waals surface area (Å²) >= 11 is 0. The summed E-state index contributed by atoms with van der Waals surface area (Å²) in [6, 6.07) is 7.08. The Labute approximate surface area is 149 Å². The molecule has 0 spiro atoms. The minimum Gasteiger partial charge on any atom is -0.504 e. The van der Waals surface area contributed by atoms with Gasteiger partial charge < -0.3 is 25.8 Å². The van der Waals surface area contributed by atoms with Crippen molar-refractivity contribution in [3.05, 3.63) is 53.9 Å². The summed E-state index contributed by atoms with van der Waals surface area (Å²) in [7, 11) is 0. The SMILES string of the molecule is C[C@@H](CC(N)(Cc1ccc(O)c(O)c1)C(=O)O)OC(=O)c1cccnc1. The number of hydrogen-bond acceptors (Lipinski definition) is 7. The molecular weight excluding hydrogens is 340 g/mol. The first kappa shape index (κ1) is 19.2. The van der Waals surface area contributed by atoms with Crippen LogP contribution < -0.4 is 5.73 Å². The van der Waals surface area contributed by atoms with Crippen LogP contribution in [-0.4, -0.2) is 43.9 Å². The number of phenolic OH excluding ortho intramolecular Hbond substituents is 2. The third kappa shape index (κ3) is 4.70. The van der Waals surface area contributed by atoms with Crippen molar-refractivity contribution in [2.45, 2.75) is 31.4 Å². The number of carbonyl (C=O) groups excluding carboxylic acids is 1. The fraction of sp³-hybridized carbons (Fsp3) is 0.278. The van der Waals surface area contributed by atoms with E-state index in [0.29, 0.717) is 5.56 Å². The number of aliphatic carboxylic acids is 1. The number of esters is 1. The summed E-state index contributed by atoms with van der Waals surface area (Å²) < 4.78 is 5.25. The Bertz CT molecular complexity index is 796. The molecule has 1 unspecified atom stereocenters. The van der Waals surface area contributed by atoms with E-state index in [1.165, 1.54) is 36.7 Å². The zero-order valence-electron chi connectivity index (χ0n) is 14.1. The van der Waals surface area contributed by atoms with Gasteiger partial charge in [-0.2, -0.15) is 0 Å². The summed E-state index contributed by atoms with van der Waals surface area (Å²) in [5.41, 5.74) is 4.98. The normalized spacial score (nSPS) is 14.2. The molecule has 8 nitrogen and oxygen atoms in total. The van der Waals surface area contributed by atoms with E-state index in [1.807, 2.05) is 0 Å². The average Bonchev–Trinajstić information content (AvgIpc) is 2.58. The van der Waals surface area contributed by atoms with Crippen molar-refractivity contribution < 1.29 is 29.6 Å². The lowest BCUT2D eigenvalue weighted by Crippen LogP contribution is -2.52. The van der Waals surface area contributed by atoms with E-state index < -0.39 is 23.6 Å². The molecule has 2 aromatic rings. The molecule has 2 rings (SSSR count). The van der Waals surface area contributed by atoms with Crippen LogP contribution in [0.3, 0.4) is 0 Å². The maximum Gasteiger partial charge on any atom is 0.339 e. The van der Waals surface area contributed by atoms with Gasteiger partial charge in [-0.1, -0.05) is 6.07 Å². The van der Waals surface area contributed by atoms with Crippen LogP contribution >= 0.6 is 0 Å². The molecule has 0 saturated carbocycles. The number of carboxylic acid groups (broad SMARTS) is 1. The predicted octanol–water partition coefficient (Wildman–Crippen LogP) is 1.45. The van der Waals surface area contributed by atoms with Crippen LogP contribution in [0.2, 0.25) is 0 Å². The lowest BCUT2D eigenvalue weighted by molar-refractivity contribution is -0.144. The van der Waals surface area contributed by atoms with E-state index in [2.05, 4.69) is 4.98 Å². The number of hydrogen-bond donors (Lipinski definition) is 4. The quantitative estimate of drug-likeness (QED) is 0.429. The molecule has 1 heterocycles. The fourth-order valence-corrected chi connectivity index (χ4v) is 2.57. The van der Waals surface area contributed by atoms with Crippen molar-refractivity contribution in [2.75, 3.05) is 0 Å². The van der Waals surface area contributed by atoms with Gasteiger partial charge in [0.1, 0.15) is 11.6 Å². The Morgan fingerprint density at radius 1 is 1.27 bits per heavy atom. The van der Waals surface area contributed by atoms with Gasteiger partial charge in [-0.05, 0) is 36.8 Å². The van der Waals surface area contributed by atoms with Gasteiger partial charge >= 0.3 is 11.9 Å². The van der Waals surface area contributed by atoms with Crippen molar-refractivity contribution in [1.29, 1.82) is 0 Å². The van der Waals surface area contributed by atoms with Crippen LogP contribution in [0.1, 0.15) is 29.3 Å². The molecule has 0 aliphatic heterocycles. The summed E-state index contributed by atoms with van der Waals surface area (Å²) in [5.74, 6) is -2.58. The molecule has 5 N–H and O–H groups in total. The largest absolute Gasteiger partial charge is 0.504 e. The number of nitrogens with zero attached hydrogens (tertiary/aromatic N) is 1. The van der Waals surface area contributed by atoms with Gasteiger partial charge in [0.2, 0.25) is 0 Å². The Balaban J connectivity index is 2.09. The van der Waals surface area contributed by atoms with Crippen LogP contribution in [-0.2, 0) is 16.0 Å². The van der Waals surface area contributed by atoms with Crippen molar-refractivity contribution in [3.63, 3.8) is 0 Å². The van der Waals surface area contributed by atoms with Crippen LogP contribution in [0.15, 0.2) is 42.7 Å². The van der Waals surface area contributed by atoms with E-state index >= 15 is 0 Å². The highest BCUT2D eigenvalue weighted by Crippen LogP contribution is 2.28. The zero-order chi connectivity index (χ0) is 19.3. The Morgan fingerprint density at radius 3 is 2.58 bits per heavy atom. The molecule has 0 aliphatic carbocycles. The lowest BCUT2D eigenvalue weighted by Gasteiger charge is -2.28. The van der Waals surface area contributed by atoms with Crippen molar-refractivity contribution >= 4 is 11.9 Å². The van der Waals surface area contributed by atoms with Crippen LogP contribution in [0.4, 0.5) is 0 Å². The molecule has 0 fully saturated rings. The number of benzene rings is 1. The van der Waals surface area contributed by atoms with Gasteiger partial charge in [0.05, 0.1) is 5.56 Å². The molecule has 1 aromatic carbocycles. The molecule has 26 heavy (non-hydrogen) atoms. The van der Waals surface area contributed by atoms with E-state index in [4.69, 9.17) is 10.5 Å². The van der Waals surface area contributed by atoms with E-state index in [9.17, 15) is 24.9 Å². The minimum atomic E-state index is -1.72. The average molecular weight is 360 g/mol. The van der Waals surface area contributed by atoms with E-state index in [0.717, 1.165) is 0 Å². The number of phenols is 2. The van der Waals surface area contributed by atoms with Gasteiger partial charge in [-0.25, -0.2) is 4.79 Å². The van der Waals surface area contributed by atoms with Gasteiger partial charge in [0.25, 0.3) is 0 Å². The number of ether oxygens (including phenoxy) is 1. The lowest BCUT2D eigenvalue weighted by atomic mass is 9.86. The highest BCUT2D eigenvalue weighted by Gasteiger charge is 2.37. The third-order valence-electron chi connectivity index (χ3n) is 3.84. The molecule has 138 valence electrons. The van der Waals surface area contributed by atoms with Gasteiger partial charge in [0, 0.05) is 25.2 Å². The van der Waals surface area contributed by atoms with Crippen molar-refractivity contribution in [2.24, 2.45) is 5.73 Å². The minimum absolute atomic E-state index is 0.120. The molecule has 0 aliphatic rings. The molecule has 0 amide bonds. The standard InChI is InChI=1S/C18H20N2O6/c1-11(26-16(23)13-3-2-6-20-10-13)8-18(19,17(24)25)9-12-4-5-14(21)15(22)7-12/h2-7,10-11,21-22H,8-9,19H2,1H3,(H,24,25)/t11-,18?/m0/s1. The van der Waals surface area contributed by atoms with Crippen molar-refractivity contribution in [1.82, 2.24) is 4.98 Å². The third-order valence-corrected chi connectivity index (χ3v) is 3.84. The molecule has 8 heteroatoms. The molecule has 2 atom stereocenters. The zero-order valence-corrected chi connectivity index (χ0v) is 14.1. The number of carboxylic acids is 1. The topological polar surface area (TPSA) is 143 Å². The van der Waals surface area contributed by atoms with E-state index in [1.54, 1.807) is 13.0 Å². The second-order valence-electron chi connectivity index (χ2n) is 6.12. The van der Waals surface area contributed by atoms with Gasteiger partial charge in [-0.15, -0.1) is 0 Å². The maximum atomic E-state index is 12.0. The molecule has 0 saturated heterocycles. The first-order valence-corrected chi connectivity index (χ1v) is 7.85. The predicted molar refractivity (Wildman–Crippen MR) is 91.8 cm³/mol. The van der Waals surface area contributed by atoms with Crippen LogP contribution in [0.25, 0.3) is 0 Å². The Morgan fingerprint density at radius 2 is 2.00 bits per heavy atom. The second-order valence-corrected chi connectivity index (χ2v) is 6.12. The molecule has 0 radical (unpaired) electrons.